The summed E-state index contributed by atoms with van der Waals surface area (Å²) < 4.78 is 17.9. The molecule has 0 radical (unpaired) electrons. The number of rotatable bonds is 9. The monoisotopic (exact) mass is 363 g/mol. The molecule has 0 atom stereocenters. The van der Waals surface area contributed by atoms with E-state index in [4.69, 9.17) is 4.74 Å². The number of hydrogen-bond donors (Lipinski definition) is 0. The van der Waals surface area contributed by atoms with E-state index in [1.54, 1.807) is 24.0 Å². The van der Waals surface area contributed by atoms with Crippen molar-refractivity contribution in [3.8, 4) is 0 Å². The van der Waals surface area contributed by atoms with E-state index in [9.17, 15) is 14.0 Å². The van der Waals surface area contributed by atoms with Crippen molar-refractivity contribution in [1.29, 1.82) is 0 Å². The van der Waals surface area contributed by atoms with Gasteiger partial charge in [-0.15, -0.1) is 11.3 Å². The molecule has 25 heavy (non-hydrogen) atoms. The van der Waals surface area contributed by atoms with Gasteiger partial charge in [-0.1, -0.05) is 18.2 Å². The Morgan fingerprint density at radius 2 is 1.92 bits per heavy atom. The highest BCUT2D eigenvalue weighted by molar-refractivity contribution is 7.10. The smallest absolute Gasteiger partial charge is 0.307 e. The first-order valence-corrected chi connectivity index (χ1v) is 9.16. The van der Waals surface area contributed by atoms with Gasteiger partial charge in [-0.3, -0.25) is 9.59 Å². The molecule has 0 aliphatic carbocycles. The summed E-state index contributed by atoms with van der Waals surface area (Å²) in [6.45, 7) is 2.89. The molecule has 134 valence electrons. The fraction of sp³-hybridized carbons (Fsp3) is 0.368. The number of esters is 1. The predicted octanol–water partition coefficient (Wildman–Crippen LogP) is 3.45. The molecule has 2 aromatic rings. The topological polar surface area (TPSA) is 46.6 Å². The Morgan fingerprint density at radius 3 is 2.56 bits per heavy atom. The molecule has 6 heteroatoms. The third-order valence-corrected chi connectivity index (χ3v) is 4.61. The van der Waals surface area contributed by atoms with Gasteiger partial charge in [0.05, 0.1) is 19.4 Å². The van der Waals surface area contributed by atoms with Gasteiger partial charge >= 0.3 is 5.97 Å². The van der Waals surface area contributed by atoms with Crippen LogP contribution in [0.15, 0.2) is 41.8 Å². The third kappa shape index (κ3) is 6.66. The quantitative estimate of drug-likeness (QED) is 0.641. The van der Waals surface area contributed by atoms with Crippen LogP contribution < -0.4 is 0 Å². The van der Waals surface area contributed by atoms with E-state index >= 15 is 0 Å². The van der Waals surface area contributed by atoms with Gasteiger partial charge < -0.3 is 9.64 Å². The zero-order valence-corrected chi connectivity index (χ0v) is 15.1. The number of halogens is 1. The first kappa shape index (κ1) is 19.1. The second-order valence-corrected chi connectivity index (χ2v) is 6.60. The lowest BCUT2D eigenvalue weighted by atomic mass is 10.1. The highest BCUT2D eigenvalue weighted by Gasteiger charge is 2.16. The molecule has 1 aromatic carbocycles. The summed E-state index contributed by atoms with van der Waals surface area (Å²) in [6.07, 6.45) is 1.11. The van der Waals surface area contributed by atoms with E-state index in [-0.39, 0.29) is 24.1 Å². The molecule has 0 aliphatic heterocycles. The Hall–Kier alpha value is -2.21. The van der Waals surface area contributed by atoms with Crippen LogP contribution in [-0.2, 0) is 27.2 Å². The summed E-state index contributed by atoms with van der Waals surface area (Å²) in [4.78, 5) is 26.8. The van der Waals surface area contributed by atoms with Crippen LogP contribution in [0.1, 0.15) is 23.8 Å². The number of thiophene rings is 1. The van der Waals surface area contributed by atoms with Crippen molar-refractivity contribution in [3.05, 3.63) is 58.0 Å². The molecule has 1 heterocycles. The van der Waals surface area contributed by atoms with Crippen molar-refractivity contribution in [2.45, 2.75) is 26.2 Å². The van der Waals surface area contributed by atoms with Crippen LogP contribution in [-0.4, -0.2) is 36.5 Å². The minimum atomic E-state index is -0.307. The molecule has 0 N–H and O–H groups in total. The highest BCUT2D eigenvalue weighted by atomic mass is 32.1. The molecule has 0 bridgehead atoms. The number of carbonyl (C=O) groups excluding carboxylic acids is 2. The van der Waals surface area contributed by atoms with E-state index in [0.29, 0.717) is 32.5 Å². The minimum Gasteiger partial charge on any atom is -0.466 e. The normalized spacial score (nSPS) is 10.5. The average Bonchev–Trinajstić information content (AvgIpc) is 3.09. The Morgan fingerprint density at radius 1 is 1.16 bits per heavy atom. The van der Waals surface area contributed by atoms with E-state index in [0.717, 1.165) is 10.4 Å². The molecule has 0 fully saturated rings. The molecule has 0 saturated carbocycles. The zero-order valence-electron chi connectivity index (χ0n) is 14.2. The minimum absolute atomic E-state index is 0.0196. The maximum absolute atomic E-state index is 13.0. The number of benzene rings is 1. The summed E-state index contributed by atoms with van der Waals surface area (Å²) in [7, 11) is 0. The van der Waals surface area contributed by atoms with Crippen molar-refractivity contribution in [2.75, 3.05) is 19.7 Å². The maximum Gasteiger partial charge on any atom is 0.307 e. The van der Waals surface area contributed by atoms with E-state index in [1.165, 1.54) is 23.5 Å². The molecule has 1 amide bonds. The van der Waals surface area contributed by atoms with Gasteiger partial charge in [-0.05, 0) is 42.5 Å². The van der Waals surface area contributed by atoms with Gasteiger partial charge in [0, 0.05) is 18.0 Å². The summed E-state index contributed by atoms with van der Waals surface area (Å²) in [5, 5.41) is 1.93. The third-order valence-electron chi connectivity index (χ3n) is 3.73. The Bertz CT molecular complexity index is 670. The first-order chi connectivity index (χ1) is 12.1. The van der Waals surface area contributed by atoms with Crippen LogP contribution >= 0.6 is 11.3 Å². The van der Waals surface area contributed by atoms with Gasteiger partial charge in [0.25, 0.3) is 0 Å². The molecule has 0 saturated heterocycles. The second kappa shape index (κ2) is 9.93. The number of amides is 1. The van der Waals surface area contributed by atoms with Gasteiger partial charge in [0.2, 0.25) is 5.91 Å². The number of nitrogens with zero attached hydrogens (tertiary/aromatic N) is 1. The second-order valence-electron chi connectivity index (χ2n) is 5.57. The molecule has 1 aromatic heterocycles. The zero-order chi connectivity index (χ0) is 18.1. The molecule has 4 nitrogen and oxygen atoms in total. The van der Waals surface area contributed by atoms with Crippen LogP contribution in [0.3, 0.4) is 0 Å². The van der Waals surface area contributed by atoms with Gasteiger partial charge in [-0.2, -0.15) is 0 Å². The molecule has 0 aliphatic rings. The number of hydrogen-bond acceptors (Lipinski definition) is 4. The van der Waals surface area contributed by atoms with Crippen LogP contribution in [0.5, 0.6) is 0 Å². The number of carbonyl (C=O) groups is 2. The number of ether oxygens (including phenoxy) is 1. The highest BCUT2D eigenvalue weighted by Crippen LogP contribution is 2.12. The maximum atomic E-state index is 13.0. The summed E-state index contributed by atoms with van der Waals surface area (Å²) in [5.74, 6) is -0.608. The van der Waals surface area contributed by atoms with Gasteiger partial charge in [0.15, 0.2) is 0 Å². The van der Waals surface area contributed by atoms with Crippen LogP contribution in [0.2, 0.25) is 0 Å². The fourth-order valence-electron chi connectivity index (χ4n) is 2.41. The van der Waals surface area contributed by atoms with Crippen LogP contribution in [0.4, 0.5) is 4.39 Å². The molecular formula is C19H22FNO3S. The van der Waals surface area contributed by atoms with E-state index in [1.807, 2.05) is 17.5 Å². The van der Waals surface area contributed by atoms with Crippen molar-refractivity contribution >= 4 is 23.2 Å². The summed E-state index contributed by atoms with van der Waals surface area (Å²) >= 11 is 1.54. The lowest BCUT2D eigenvalue weighted by Gasteiger charge is -2.22. The Labute approximate surface area is 151 Å². The lowest BCUT2D eigenvalue weighted by molar-refractivity contribution is -0.144. The van der Waals surface area contributed by atoms with E-state index < -0.39 is 0 Å². The molecule has 0 unspecified atom stereocenters. The Kier molecular flexibility index (Phi) is 7.60. The standard InChI is InChI=1S/C19H22FNO3S/c1-2-24-19(23)10-12-21(18(22)14-17-4-3-13-25-17)11-9-15-5-7-16(20)8-6-15/h3-8,13H,2,9-12,14H2,1H3. The fourth-order valence-corrected chi connectivity index (χ4v) is 3.11. The first-order valence-electron chi connectivity index (χ1n) is 8.28. The largest absolute Gasteiger partial charge is 0.466 e. The van der Waals surface area contributed by atoms with Crippen molar-refractivity contribution in [1.82, 2.24) is 4.90 Å². The SMILES string of the molecule is CCOC(=O)CCN(CCc1ccc(F)cc1)C(=O)Cc1cccs1. The average molecular weight is 363 g/mol. The van der Waals surface area contributed by atoms with Crippen LogP contribution in [0, 0.1) is 5.82 Å². The summed E-state index contributed by atoms with van der Waals surface area (Å²) in [5.41, 5.74) is 0.950. The van der Waals surface area contributed by atoms with Crippen molar-refractivity contribution < 1.29 is 18.7 Å². The van der Waals surface area contributed by atoms with Crippen molar-refractivity contribution in [3.63, 3.8) is 0 Å². The molecule has 0 spiro atoms. The molecule has 2 rings (SSSR count). The lowest BCUT2D eigenvalue weighted by Crippen LogP contribution is -2.36. The summed E-state index contributed by atoms with van der Waals surface area (Å²) in [6, 6.07) is 10.1. The van der Waals surface area contributed by atoms with Crippen LogP contribution in [0.25, 0.3) is 0 Å². The van der Waals surface area contributed by atoms with Gasteiger partial charge in [0.1, 0.15) is 5.82 Å². The van der Waals surface area contributed by atoms with E-state index in [2.05, 4.69) is 0 Å². The van der Waals surface area contributed by atoms with Gasteiger partial charge in [-0.25, -0.2) is 4.39 Å². The predicted molar refractivity (Wildman–Crippen MR) is 96.0 cm³/mol. The Balaban J connectivity index is 1.95. The van der Waals surface area contributed by atoms with Crippen molar-refractivity contribution in [2.24, 2.45) is 0 Å². The molecular weight excluding hydrogens is 341 g/mol.